The van der Waals surface area contributed by atoms with Gasteiger partial charge in [0.15, 0.2) is 28.8 Å². The van der Waals surface area contributed by atoms with Crippen molar-refractivity contribution in [3.63, 3.8) is 0 Å². The predicted molar refractivity (Wildman–Crippen MR) is 244 cm³/mol. The van der Waals surface area contributed by atoms with E-state index in [1.165, 1.54) is 0 Å². The second kappa shape index (κ2) is 29.0. The molecule has 6 unspecified atom stereocenters. The fourth-order valence-corrected chi connectivity index (χ4v) is 6.91. The van der Waals surface area contributed by atoms with Gasteiger partial charge in [0.2, 0.25) is 0 Å². The first-order chi connectivity index (χ1) is 27.9. The maximum atomic E-state index is 15.1. The lowest BCUT2D eigenvalue weighted by Crippen LogP contribution is -2.21. The number of hydrogen-bond acceptors (Lipinski definition) is 7. The van der Waals surface area contributed by atoms with Crippen LogP contribution in [0.4, 0.5) is 0 Å². The van der Waals surface area contributed by atoms with E-state index in [1.54, 1.807) is 6.08 Å². The summed E-state index contributed by atoms with van der Waals surface area (Å²) in [5.41, 5.74) is 1.11. The van der Waals surface area contributed by atoms with E-state index in [2.05, 4.69) is 83.1 Å². The average molecular weight is 809 g/mol. The zero-order valence-electron chi connectivity index (χ0n) is 39.0. The third-order valence-electron chi connectivity index (χ3n) is 10.6. The Morgan fingerprint density at radius 2 is 0.810 bits per heavy atom. The molecule has 2 aromatic rings. The Morgan fingerprint density at radius 3 is 1.19 bits per heavy atom. The van der Waals surface area contributed by atoms with Gasteiger partial charge in [-0.05, 0) is 110 Å². The van der Waals surface area contributed by atoms with Gasteiger partial charge in [-0.1, -0.05) is 119 Å². The van der Waals surface area contributed by atoms with Crippen molar-refractivity contribution >= 4 is 11.9 Å². The molecule has 0 amide bonds. The lowest BCUT2D eigenvalue weighted by Gasteiger charge is -2.27. The molecule has 7 heteroatoms. The van der Waals surface area contributed by atoms with E-state index in [4.69, 9.17) is 28.4 Å². The maximum Gasteiger partial charge on any atom is 0.193 e. The molecule has 330 valence electrons. The highest BCUT2D eigenvalue weighted by atomic mass is 16.5. The van der Waals surface area contributed by atoms with Gasteiger partial charge in [0.25, 0.3) is 0 Å². The monoisotopic (exact) mass is 809 g/mol. The van der Waals surface area contributed by atoms with E-state index in [0.717, 1.165) is 127 Å². The van der Waals surface area contributed by atoms with Gasteiger partial charge in [-0.25, -0.2) is 0 Å². The van der Waals surface area contributed by atoms with Gasteiger partial charge >= 0.3 is 0 Å². The van der Waals surface area contributed by atoms with Crippen molar-refractivity contribution in [1.82, 2.24) is 0 Å². The summed E-state index contributed by atoms with van der Waals surface area (Å²) in [4.78, 5) is 15.1. The largest absolute Gasteiger partial charge is 0.491 e. The molecule has 6 atom stereocenters. The lowest BCUT2D eigenvalue weighted by molar-refractivity contribution is 0.102. The second-order valence-electron chi connectivity index (χ2n) is 16.7. The van der Waals surface area contributed by atoms with E-state index in [1.807, 2.05) is 30.3 Å². The van der Waals surface area contributed by atoms with Crippen LogP contribution < -0.4 is 28.4 Å². The molecule has 0 N–H and O–H groups in total. The van der Waals surface area contributed by atoms with Gasteiger partial charge in [-0.15, -0.1) is 0 Å². The Balaban J connectivity index is 2.92. The van der Waals surface area contributed by atoms with Crippen LogP contribution in [0.25, 0.3) is 6.08 Å². The van der Waals surface area contributed by atoms with Gasteiger partial charge in [0, 0.05) is 11.6 Å². The summed E-state index contributed by atoms with van der Waals surface area (Å²) in [5.74, 6) is 3.07. The van der Waals surface area contributed by atoms with Crippen LogP contribution in [0.1, 0.15) is 215 Å². The molecule has 0 fully saturated rings. The third kappa shape index (κ3) is 18.7. The van der Waals surface area contributed by atoms with Crippen molar-refractivity contribution in [3.8, 4) is 34.5 Å². The summed E-state index contributed by atoms with van der Waals surface area (Å²) < 4.78 is 40.0. The van der Waals surface area contributed by atoms with Crippen molar-refractivity contribution < 1.29 is 33.2 Å². The van der Waals surface area contributed by atoms with Gasteiger partial charge in [0.1, 0.15) is 17.1 Å². The summed E-state index contributed by atoms with van der Waals surface area (Å²) in [6, 6.07) is 7.85. The quantitative estimate of drug-likeness (QED) is 0.0525. The summed E-state index contributed by atoms with van der Waals surface area (Å²) in [6.07, 6.45) is 21.2. The van der Waals surface area contributed by atoms with Crippen molar-refractivity contribution in [1.29, 1.82) is 0 Å². The fraction of sp³-hybridized carbons (Fsp3) is 0.706. The van der Waals surface area contributed by atoms with E-state index < -0.39 is 0 Å². The number of hydrogen-bond donors (Lipinski definition) is 0. The van der Waals surface area contributed by atoms with Gasteiger partial charge in [0.05, 0.1) is 36.6 Å². The molecule has 0 radical (unpaired) electrons. The van der Waals surface area contributed by atoms with Crippen LogP contribution in [0.3, 0.4) is 0 Å². The Hall–Kier alpha value is -3.35. The fourth-order valence-electron chi connectivity index (χ4n) is 6.91. The summed E-state index contributed by atoms with van der Waals surface area (Å²) in [6.45, 7) is 25.7. The van der Waals surface area contributed by atoms with E-state index in [0.29, 0.717) is 34.3 Å². The summed E-state index contributed by atoms with van der Waals surface area (Å²) >= 11 is 0. The topological polar surface area (TPSA) is 72.5 Å². The van der Waals surface area contributed by atoms with Crippen molar-refractivity contribution in [3.05, 3.63) is 41.5 Å². The molecule has 7 nitrogen and oxygen atoms in total. The van der Waals surface area contributed by atoms with E-state index >= 15 is 4.79 Å². The molecule has 2 rings (SSSR count). The van der Waals surface area contributed by atoms with Crippen molar-refractivity contribution in [2.24, 2.45) is 0 Å². The number of unbranched alkanes of at least 4 members (excludes halogenated alkanes) is 6. The third-order valence-corrected chi connectivity index (χ3v) is 10.6. The predicted octanol–water partition coefficient (Wildman–Crippen LogP) is 15.3. The molecule has 0 saturated heterocycles. The number of ether oxygens (including phenoxy) is 6. The Bertz CT molecular complexity index is 1400. The summed E-state index contributed by atoms with van der Waals surface area (Å²) in [7, 11) is 0. The molecule has 0 aliphatic carbocycles. The molecule has 2 aromatic carbocycles. The first-order valence-corrected chi connectivity index (χ1v) is 23.5. The summed E-state index contributed by atoms with van der Waals surface area (Å²) in [5, 5.41) is 0. The number of ketones is 1. The highest BCUT2D eigenvalue weighted by Gasteiger charge is 2.30. The number of carbonyl (C=O) groups is 1. The molecule has 0 aromatic heterocycles. The van der Waals surface area contributed by atoms with E-state index in [-0.39, 0.29) is 42.4 Å². The SMILES string of the molecule is CCCCC(C)Oc1ccc(OC(C)CCCC)c(C=CC(=O)c2c(OC(C)CCCC)c(OC(C)CCCC)cc(OC(C)CCCC)c2OC(C)CCCC)c1. The molecule has 0 saturated carbocycles. The molecular weight excluding hydrogens is 725 g/mol. The van der Waals surface area contributed by atoms with Gasteiger partial charge in [-0.3, -0.25) is 4.79 Å². The number of allylic oxidation sites excluding steroid dienone is 1. The van der Waals surface area contributed by atoms with Crippen LogP contribution in [0.15, 0.2) is 30.3 Å². The number of benzene rings is 2. The molecule has 0 bridgehead atoms. The highest BCUT2D eigenvalue weighted by molar-refractivity contribution is 6.12. The van der Waals surface area contributed by atoms with Crippen molar-refractivity contribution in [2.75, 3.05) is 0 Å². The van der Waals surface area contributed by atoms with Gasteiger partial charge in [-0.2, -0.15) is 0 Å². The van der Waals surface area contributed by atoms with E-state index in [9.17, 15) is 0 Å². The Labute approximate surface area is 355 Å². The molecular formula is C51H84O7. The zero-order valence-corrected chi connectivity index (χ0v) is 39.0. The standard InChI is InChI=1S/C51H84O7/c1-13-19-25-37(7)53-44-32-34-46(54-38(8)26-20-14-2)43(35-44)31-33-45(52)49-50(57-41(11)29-23-17-5)47(55-39(9)27-21-15-3)36-48(56-40(10)28-22-16-4)51(49)58-42(12)30-24-18-6/h31-42H,13-30H2,1-12H3. The minimum Gasteiger partial charge on any atom is -0.491 e. The molecule has 0 spiro atoms. The number of carbonyl (C=O) groups excluding carboxylic acids is 1. The smallest absolute Gasteiger partial charge is 0.193 e. The molecule has 0 aliphatic rings. The first kappa shape index (κ1) is 50.8. The molecule has 0 heterocycles. The van der Waals surface area contributed by atoms with Crippen LogP contribution in [0.5, 0.6) is 34.5 Å². The second-order valence-corrected chi connectivity index (χ2v) is 16.7. The van der Waals surface area contributed by atoms with Crippen LogP contribution in [-0.4, -0.2) is 42.4 Å². The molecule has 0 aliphatic heterocycles. The zero-order chi connectivity index (χ0) is 42.9. The normalized spacial score (nSPS) is 14.7. The van der Waals surface area contributed by atoms with Crippen LogP contribution in [0.2, 0.25) is 0 Å². The maximum absolute atomic E-state index is 15.1. The van der Waals surface area contributed by atoms with Crippen LogP contribution >= 0.6 is 0 Å². The van der Waals surface area contributed by atoms with Crippen molar-refractivity contribution in [2.45, 2.75) is 235 Å². The number of rotatable bonds is 33. The van der Waals surface area contributed by atoms with Gasteiger partial charge < -0.3 is 28.4 Å². The minimum absolute atomic E-state index is 0.0187. The lowest BCUT2D eigenvalue weighted by atomic mass is 10.0. The highest BCUT2D eigenvalue weighted by Crippen LogP contribution is 2.48. The van der Waals surface area contributed by atoms with Crippen LogP contribution in [-0.2, 0) is 0 Å². The average Bonchev–Trinajstić information content (AvgIpc) is 3.20. The molecule has 58 heavy (non-hydrogen) atoms. The minimum atomic E-state index is -0.249. The van der Waals surface area contributed by atoms with Crippen LogP contribution in [0, 0.1) is 0 Å². The Morgan fingerprint density at radius 1 is 0.466 bits per heavy atom. The first-order valence-electron chi connectivity index (χ1n) is 23.5. The Kier molecular flexibility index (Phi) is 25.4.